The second-order valence-corrected chi connectivity index (χ2v) is 10.3. The van der Waals surface area contributed by atoms with E-state index in [1.165, 1.54) is 4.90 Å². The van der Waals surface area contributed by atoms with Crippen LogP contribution in [-0.4, -0.2) is 31.7 Å². The Hall–Kier alpha value is -2.40. The zero-order valence-corrected chi connectivity index (χ0v) is 19.6. The SMILES string of the molecule is Cc1ccc(-c2c(CO)c(C)nc(CC(C)(C)C)c2CN(C(=O)O)C(C)(C)C)cc1. The molecule has 0 spiro atoms. The highest BCUT2D eigenvalue weighted by atomic mass is 16.4. The molecule has 0 fully saturated rings. The molecule has 0 aliphatic carbocycles. The lowest BCUT2D eigenvalue weighted by Crippen LogP contribution is -2.44. The normalized spacial score (nSPS) is 12.2. The van der Waals surface area contributed by atoms with Crippen LogP contribution >= 0.6 is 0 Å². The molecule has 1 heterocycles. The summed E-state index contributed by atoms with van der Waals surface area (Å²) in [4.78, 5) is 18.4. The summed E-state index contributed by atoms with van der Waals surface area (Å²) in [5.74, 6) is 0. The zero-order chi connectivity index (χ0) is 22.9. The van der Waals surface area contributed by atoms with Crippen molar-refractivity contribution in [3.05, 3.63) is 52.3 Å². The summed E-state index contributed by atoms with van der Waals surface area (Å²) in [5, 5.41) is 20.1. The molecule has 30 heavy (non-hydrogen) atoms. The third kappa shape index (κ3) is 5.60. The third-order valence-corrected chi connectivity index (χ3v) is 5.24. The molecule has 1 aromatic carbocycles. The lowest BCUT2D eigenvalue weighted by atomic mass is 9.84. The summed E-state index contributed by atoms with van der Waals surface area (Å²) < 4.78 is 0. The molecule has 5 nitrogen and oxygen atoms in total. The molecule has 0 aliphatic heterocycles. The van der Waals surface area contributed by atoms with E-state index in [9.17, 15) is 15.0 Å². The summed E-state index contributed by atoms with van der Waals surface area (Å²) in [6, 6.07) is 8.15. The molecule has 0 atom stereocenters. The number of pyridine rings is 1. The van der Waals surface area contributed by atoms with Gasteiger partial charge in [0.15, 0.2) is 0 Å². The number of aliphatic hydroxyl groups excluding tert-OH is 1. The van der Waals surface area contributed by atoms with Gasteiger partial charge in [-0.05, 0) is 57.6 Å². The molecule has 2 rings (SSSR count). The lowest BCUT2D eigenvalue weighted by molar-refractivity contribution is 0.0953. The van der Waals surface area contributed by atoms with Crippen molar-refractivity contribution in [2.75, 3.05) is 0 Å². The third-order valence-electron chi connectivity index (χ3n) is 5.24. The number of benzene rings is 1. The van der Waals surface area contributed by atoms with E-state index in [4.69, 9.17) is 4.98 Å². The predicted molar refractivity (Wildman–Crippen MR) is 122 cm³/mol. The Morgan fingerprint density at radius 3 is 2.00 bits per heavy atom. The van der Waals surface area contributed by atoms with Crippen molar-refractivity contribution < 1.29 is 15.0 Å². The number of rotatable bonds is 5. The molecular formula is C25H36N2O3. The highest BCUT2D eigenvalue weighted by molar-refractivity contribution is 5.74. The van der Waals surface area contributed by atoms with Crippen LogP contribution in [0.4, 0.5) is 4.79 Å². The monoisotopic (exact) mass is 412 g/mol. The van der Waals surface area contributed by atoms with Crippen LogP contribution in [0.2, 0.25) is 0 Å². The van der Waals surface area contributed by atoms with Crippen molar-refractivity contribution in [1.29, 1.82) is 0 Å². The maximum atomic E-state index is 12.1. The van der Waals surface area contributed by atoms with Gasteiger partial charge in [-0.15, -0.1) is 0 Å². The van der Waals surface area contributed by atoms with Gasteiger partial charge in [-0.25, -0.2) is 4.79 Å². The Labute approximate surface area is 180 Å². The van der Waals surface area contributed by atoms with Crippen molar-refractivity contribution in [3.63, 3.8) is 0 Å². The second-order valence-electron chi connectivity index (χ2n) is 10.3. The fourth-order valence-electron chi connectivity index (χ4n) is 3.68. The maximum absolute atomic E-state index is 12.1. The standard InChI is InChI=1S/C25H36N2O3/c1-16-9-11-18(12-10-16)22-19(14-27(23(29)30)25(6,7)8)21(13-24(3,4)5)26-17(2)20(22)15-28/h9-12,28H,13-15H2,1-8H3,(H,29,30). The van der Waals surface area contributed by atoms with Gasteiger partial charge in [0, 0.05) is 28.1 Å². The van der Waals surface area contributed by atoms with E-state index in [2.05, 4.69) is 20.8 Å². The molecule has 2 N–H and O–H groups in total. The summed E-state index contributed by atoms with van der Waals surface area (Å²) in [6.45, 7) is 16.2. The van der Waals surface area contributed by atoms with Gasteiger partial charge in [-0.1, -0.05) is 50.6 Å². The Kier molecular flexibility index (Phi) is 6.97. The van der Waals surface area contributed by atoms with Crippen molar-refractivity contribution >= 4 is 6.09 Å². The Balaban J connectivity index is 2.85. The fourth-order valence-corrected chi connectivity index (χ4v) is 3.68. The molecule has 5 heteroatoms. The second kappa shape index (κ2) is 8.76. The first-order chi connectivity index (χ1) is 13.7. The topological polar surface area (TPSA) is 73.7 Å². The lowest BCUT2D eigenvalue weighted by Gasteiger charge is -2.35. The average Bonchev–Trinajstić information content (AvgIpc) is 2.58. The molecule has 1 aromatic heterocycles. The summed E-state index contributed by atoms with van der Waals surface area (Å²) in [7, 11) is 0. The first-order valence-corrected chi connectivity index (χ1v) is 10.4. The number of carboxylic acid groups (broad SMARTS) is 1. The van der Waals surface area contributed by atoms with Gasteiger partial charge in [0.25, 0.3) is 0 Å². The van der Waals surface area contributed by atoms with Crippen LogP contribution in [-0.2, 0) is 19.6 Å². The number of amides is 1. The quantitative estimate of drug-likeness (QED) is 0.658. The minimum Gasteiger partial charge on any atom is -0.465 e. The maximum Gasteiger partial charge on any atom is 0.408 e. The van der Waals surface area contributed by atoms with E-state index in [-0.39, 0.29) is 18.6 Å². The zero-order valence-electron chi connectivity index (χ0n) is 19.6. The summed E-state index contributed by atoms with van der Waals surface area (Å²) >= 11 is 0. The number of hydrogen-bond donors (Lipinski definition) is 2. The van der Waals surface area contributed by atoms with Crippen LogP contribution in [0.3, 0.4) is 0 Å². The minimum absolute atomic E-state index is 0.0186. The molecule has 2 aromatic rings. The Bertz CT molecular complexity index is 904. The minimum atomic E-state index is -0.967. The fraction of sp³-hybridized carbons (Fsp3) is 0.520. The van der Waals surface area contributed by atoms with Crippen molar-refractivity contribution in [3.8, 4) is 11.1 Å². The molecule has 0 saturated heterocycles. The number of aryl methyl sites for hydroxylation is 2. The predicted octanol–water partition coefficient (Wildman–Crippen LogP) is 5.72. The average molecular weight is 413 g/mol. The van der Waals surface area contributed by atoms with Gasteiger partial charge in [0.05, 0.1) is 13.2 Å². The van der Waals surface area contributed by atoms with Crippen LogP contribution < -0.4 is 0 Å². The molecule has 1 amide bonds. The van der Waals surface area contributed by atoms with Gasteiger partial charge in [0.2, 0.25) is 0 Å². The van der Waals surface area contributed by atoms with E-state index >= 15 is 0 Å². The number of aromatic nitrogens is 1. The van der Waals surface area contributed by atoms with Gasteiger partial charge >= 0.3 is 6.09 Å². The number of hydrogen-bond acceptors (Lipinski definition) is 3. The van der Waals surface area contributed by atoms with Gasteiger partial charge < -0.3 is 10.2 Å². The molecule has 0 bridgehead atoms. The Morgan fingerprint density at radius 2 is 1.57 bits per heavy atom. The largest absolute Gasteiger partial charge is 0.465 e. The number of aliphatic hydroxyl groups is 1. The van der Waals surface area contributed by atoms with Crippen molar-refractivity contribution in [2.24, 2.45) is 5.41 Å². The van der Waals surface area contributed by atoms with Crippen molar-refractivity contribution in [1.82, 2.24) is 9.88 Å². The summed E-state index contributed by atoms with van der Waals surface area (Å²) in [5.41, 5.74) is 5.74. The molecule has 0 radical (unpaired) electrons. The smallest absolute Gasteiger partial charge is 0.408 e. The highest BCUT2D eigenvalue weighted by Crippen LogP contribution is 2.36. The van der Waals surface area contributed by atoms with Gasteiger partial charge in [0.1, 0.15) is 0 Å². The molecule has 0 saturated carbocycles. The van der Waals surface area contributed by atoms with E-state index in [0.717, 1.165) is 39.2 Å². The van der Waals surface area contributed by atoms with Gasteiger partial charge in [-0.3, -0.25) is 9.88 Å². The molecular weight excluding hydrogens is 376 g/mol. The number of carbonyl (C=O) groups is 1. The van der Waals surface area contributed by atoms with E-state index < -0.39 is 11.6 Å². The van der Waals surface area contributed by atoms with E-state index in [1.807, 2.05) is 58.9 Å². The first kappa shape index (κ1) is 23.9. The molecule has 0 unspecified atom stereocenters. The highest BCUT2D eigenvalue weighted by Gasteiger charge is 2.30. The van der Waals surface area contributed by atoms with E-state index in [1.54, 1.807) is 0 Å². The summed E-state index contributed by atoms with van der Waals surface area (Å²) in [6.07, 6.45) is -0.254. The van der Waals surface area contributed by atoms with Crippen LogP contribution in [0.25, 0.3) is 11.1 Å². The molecule has 0 aliphatic rings. The van der Waals surface area contributed by atoms with Crippen LogP contribution in [0.1, 0.15) is 69.6 Å². The Morgan fingerprint density at radius 1 is 1.00 bits per heavy atom. The first-order valence-electron chi connectivity index (χ1n) is 10.4. The van der Waals surface area contributed by atoms with Crippen LogP contribution in [0, 0.1) is 19.3 Å². The number of nitrogens with zero attached hydrogens (tertiary/aromatic N) is 2. The van der Waals surface area contributed by atoms with Crippen LogP contribution in [0.15, 0.2) is 24.3 Å². The van der Waals surface area contributed by atoms with Crippen molar-refractivity contribution in [2.45, 2.75) is 80.5 Å². The van der Waals surface area contributed by atoms with Gasteiger partial charge in [-0.2, -0.15) is 0 Å². The van der Waals surface area contributed by atoms with Crippen LogP contribution in [0.5, 0.6) is 0 Å². The molecule has 164 valence electrons. The van der Waals surface area contributed by atoms with E-state index in [0.29, 0.717) is 6.42 Å².